The molecule has 0 saturated heterocycles. The van der Waals surface area contributed by atoms with Gasteiger partial charge in [-0.15, -0.1) is 0 Å². The standard InChI is InChI=1S/C35H63N2O6P/c1-3-5-7-9-11-13-15-17-19-21-23-25-27-29-35(39)37-33(32-43-44(40,41)42-31-30-36)34(38)28-26-24-22-20-18-16-14-12-10-8-6-4-2/h7,9-10,12-13,15,18,20,26,28,33-34,38H,3-6,8,11,14,16-17,19,21-25,27,29-32,36H2,1-2H3,(H,37,39)(H,40,41)/b9-7-,12-10+,15-13-,20-18+,28-26+. The third kappa shape index (κ3) is 28.9. The molecular formula is C35H63N2O6P. The minimum atomic E-state index is -4.34. The van der Waals surface area contributed by atoms with Gasteiger partial charge >= 0.3 is 7.82 Å². The van der Waals surface area contributed by atoms with Crippen molar-refractivity contribution in [1.82, 2.24) is 5.32 Å². The highest BCUT2D eigenvalue weighted by molar-refractivity contribution is 7.47. The second kappa shape index (κ2) is 31.2. The first kappa shape index (κ1) is 42.2. The van der Waals surface area contributed by atoms with Crippen LogP contribution in [0.15, 0.2) is 60.8 Å². The molecule has 0 radical (unpaired) electrons. The lowest BCUT2D eigenvalue weighted by molar-refractivity contribution is -0.123. The first-order valence-electron chi connectivity index (χ1n) is 16.9. The van der Waals surface area contributed by atoms with E-state index in [4.69, 9.17) is 14.8 Å². The Morgan fingerprint density at radius 1 is 0.750 bits per heavy atom. The highest BCUT2D eigenvalue weighted by atomic mass is 31.2. The SMILES string of the molecule is CCC/C=C\C/C=C\CCCCCCCC(=O)NC(COP(=O)(O)OCCN)C(O)/C=C/CC/C=C/CC/C=C/CCCC. The molecule has 0 aromatic carbocycles. The highest BCUT2D eigenvalue weighted by Crippen LogP contribution is 2.43. The summed E-state index contributed by atoms with van der Waals surface area (Å²) in [4.78, 5) is 22.5. The smallest absolute Gasteiger partial charge is 0.387 e. The van der Waals surface area contributed by atoms with Gasteiger partial charge in [-0.3, -0.25) is 13.8 Å². The molecule has 0 rings (SSSR count). The number of phosphoric ester groups is 1. The van der Waals surface area contributed by atoms with Gasteiger partial charge in [0, 0.05) is 13.0 Å². The van der Waals surface area contributed by atoms with E-state index in [-0.39, 0.29) is 25.7 Å². The van der Waals surface area contributed by atoms with E-state index in [9.17, 15) is 19.4 Å². The van der Waals surface area contributed by atoms with Crippen LogP contribution in [0, 0.1) is 0 Å². The number of carbonyl (C=O) groups excluding carboxylic acids is 1. The summed E-state index contributed by atoms with van der Waals surface area (Å²) in [7, 11) is -4.34. The van der Waals surface area contributed by atoms with Crippen molar-refractivity contribution >= 4 is 13.7 Å². The van der Waals surface area contributed by atoms with Gasteiger partial charge in [-0.1, -0.05) is 113 Å². The maximum Gasteiger partial charge on any atom is 0.472 e. The average Bonchev–Trinajstić information content (AvgIpc) is 3.01. The predicted octanol–water partition coefficient (Wildman–Crippen LogP) is 8.38. The Morgan fingerprint density at radius 3 is 1.98 bits per heavy atom. The number of amides is 1. The molecule has 8 nitrogen and oxygen atoms in total. The number of phosphoric acid groups is 1. The van der Waals surface area contributed by atoms with Gasteiger partial charge < -0.3 is 21.1 Å². The number of aliphatic hydroxyl groups excluding tert-OH is 1. The number of hydrogen-bond donors (Lipinski definition) is 4. The fourth-order valence-electron chi connectivity index (χ4n) is 4.18. The van der Waals surface area contributed by atoms with E-state index in [1.54, 1.807) is 6.08 Å². The Labute approximate surface area is 268 Å². The van der Waals surface area contributed by atoms with Crippen molar-refractivity contribution in [3.8, 4) is 0 Å². The maximum absolute atomic E-state index is 12.6. The Balaban J connectivity index is 4.51. The Morgan fingerprint density at radius 2 is 1.32 bits per heavy atom. The molecule has 0 fully saturated rings. The van der Waals surface area contributed by atoms with Crippen LogP contribution in [0.25, 0.3) is 0 Å². The second-order valence-corrected chi connectivity index (χ2v) is 12.4. The topological polar surface area (TPSA) is 131 Å². The first-order chi connectivity index (χ1) is 21.4. The van der Waals surface area contributed by atoms with Gasteiger partial charge in [-0.25, -0.2) is 4.57 Å². The molecule has 0 aliphatic heterocycles. The summed E-state index contributed by atoms with van der Waals surface area (Å²) in [5.74, 6) is -0.229. The van der Waals surface area contributed by atoms with Crippen LogP contribution >= 0.6 is 7.82 Å². The summed E-state index contributed by atoms with van der Waals surface area (Å²) in [6.45, 7) is 3.93. The number of nitrogens with one attached hydrogen (secondary N) is 1. The molecule has 0 bridgehead atoms. The third-order valence-corrected chi connectivity index (χ3v) is 7.76. The largest absolute Gasteiger partial charge is 0.472 e. The van der Waals surface area contributed by atoms with Gasteiger partial charge in [-0.2, -0.15) is 0 Å². The predicted molar refractivity (Wildman–Crippen MR) is 184 cm³/mol. The van der Waals surface area contributed by atoms with Gasteiger partial charge in [0.2, 0.25) is 5.91 Å². The number of carbonyl (C=O) groups is 1. The summed E-state index contributed by atoms with van der Waals surface area (Å²) in [6, 6.07) is -0.889. The average molecular weight is 639 g/mol. The van der Waals surface area contributed by atoms with E-state index < -0.39 is 20.0 Å². The van der Waals surface area contributed by atoms with Gasteiger partial charge in [0.15, 0.2) is 0 Å². The molecule has 254 valence electrons. The molecule has 1 amide bonds. The lowest BCUT2D eigenvalue weighted by Crippen LogP contribution is -2.45. The van der Waals surface area contributed by atoms with Crippen molar-refractivity contribution in [3.63, 3.8) is 0 Å². The van der Waals surface area contributed by atoms with Crippen LogP contribution in [-0.4, -0.2) is 47.8 Å². The number of aliphatic hydroxyl groups is 1. The molecule has 5 N–H and O–H groups in total. The number of allylic oxidation sites excluding steroid dienone is 9. The van der Waals surface area contributed by atoms with Crippen LogP contribution in [0.2, 0.25) is 0 Å². The van der Waals surface area contributed by atoms with Gasteiger partial charge in [0.05, 0.1) is 25.4 Å². The van der Waals surface area contributed by atoms with Crippen molar-refractivity contribution < 1.29 is 28.4 Å². The molecular weight excluding hydrogens is 575 g/mol. The molecule has 0 aromatic heterocycles. The summed E-state index contributed by atoms with van der Waals surface area (Å²) in [6.07, 6.45) is 36.9. The second-order valence-electron chi connectivity index (χ2n) is 11.0. The van der Waals surface area contributed by atoms with Crippen LogP contribution in [0.4, 0.5) is 0 Å². The summed E-state index contributed by atoms with van der Waals surface area (Å²) in [5, 5.41) is 13.5. The molecule has 3 unspecified atom stereocenters. The van der Waals surface area contributed by atoms with E-state index in [1.165, 1.54) is 19.3 Å². The zero-order chi connectivity index (χ0) is 32.6. The van der Waals surface area contributed by atoms with Crippen LogP contribution in [0.3, 0.4) is 0 Å². The Kier molecular flexibility index (Phi) is 29.9. The van der Waals surface area contributed by atoms with Crippen molar-refractivity contribution in [2.24, 2.45) is 5.73 Å². The lowest BCUT2D eigenvalue weighted by atomic mass is 10.1. The molecule has 3 atom stereocenters. The van der Waals surface area contributed by atoms with Crippen molar-refractivity contribution in [2.45, 2.75) is 135 Å². The third-order valence-electron chi connectivity index (χ3n) is 6.77. The molecule has 0 aliphatic rings. The van der Waals surface area contributed by atoms with Crippen molar-refractivity contribution in [2.75, 3.05) is 19.8 Å². The highest BCUT2D eigenvalue weighted by Gasteiger charge is 2.26. The molecule has 44 heavy (non-hydrogen) atoms. The van der Waals surface area contributed by atoms with E-state index in [0.717, 1.165) is 83.5 Å². The zero-order valence-electron chi connectivity index (χ0n) is 27.6. The van der Waals surface area contributed by atoms with Crippen LogP contribution in [0.5, 0.6) is 0 Å². The first-order valence-corrected chi connectivity index (χ1v) is 18.4. The Bertz CT molecular complexity index is 871. The quantitative estimate of drug-likeness (QED) is 0.0353. The number of unbranched alkanes of at least 4 members (excludes halogenated alkanes) is 10. The maximum atomic E-state index is 12.6. The number of hydrogen-bond acceptors (Lipinski definition) is 6. The van der Waals surface area contributed by atoms with E-state index >= 15 is 0 Å². The van der Waals surface area contributed by atoms with Crippen molar-refractivity contribution in [1.29, 1.82) is 0 Å². The van der Waals surface area contributed by atoms with Gasteiger partial charge in [0.1, 0.15) is 0 Å². The monoisotopic (exact) mass is 638 g/mol. The number of rotatable bonds is 30. The summed E-state index contributed by atoms with van der Waals surface area (Å²) in [5.41, 5.74) is 5.33. The molecule has 0 saturated carbocycles. The fourth-order valence-corrected chi connectivity index (χ4v) is 4.94. The van der Waals surface area contributed by atoms with Crippen LogP contribution in [0.1, 0.15) is 123 Å². The minimum Gasteiger partial charge on any atom is -0.387 e. The fraction of sp³-hybridized carbons (Fsp3) is 0.686. The molecule has 0 aliphatic carbocycles. The number of nitrogens with two attached hydrogens (primary N) is 1. The summed E-state index contributed by atoms with van der Waals surface area (Å²) < 4.78 is 21.9. The molecule has 0 spiro atoms. The van der Waals surface area contributed by atoms with Crippen LogP contribution < -0.4 is 11.1 Å². The Hall–Kier alpha value is -1.80. The van der Waals surface area contributed by atoms with E-state index in [2.05, 4.69) is 67.8 Å². The normalized spacial score (nSPS) is 15.3. The van der Waals surface area contributed by atoms with Crippen LogP contribution in [-0.2, 0) is 18.4 Å². The summed E-state index contributed by atoms with van der Waals surface area (Å²) >= 11 is 0. The zero-order valence-corrected chi connectivity index (χ0v) is 28.5. The molecule has 0 aromatic rings. The van der Waals surface area contributed by atoms with E-state index in [0.29, 0.717) is 6.42 Å². The van der Waals surface area contributed by atoms with Crippen molar-refractivity contribution in [3.05, 3.63) is 60.8 Å². The molecule has 0 heterocycles. The van der Waals surface area contributed by atoms with Gasteiger partial charge in [-0.05, 0) is 64.2 Å². The van der Waals surface area contributed by atoms with E-state index in [1.807, 2.05) is 6.08 Å². The van der Waals surface area contributed by atoms with Gasteiger partial charge in [0.25, 0.3) is 0 Å². The molecule has 9 heteroatoms. The minimum absolute atomic E-state index is 0.0664. The lowest BCUT2D eigenvalue weighted by Gasteiger charge is -2.23.